The molecule has 0 amide bonds. The van der Waals surface area contributed by atoms with E-state index < -0.39 is 0 Å². The van der Waals surface area contributed by atoms with E-state index in [0.717, 1.165) is 6.42 Å². The van der Waals surface area contributed by atoms with E-state index >= 15 is 0 Å². The second kappa shape index (κ2) is 5.61. The van der Waals surface area contributed by atoms with Gasteiger partial charge in [0.25, 0.3) is 0 Å². The lowest BCUT2D eigenvalue weighted by atomic mass is 10.3. The van der Waals surface area contributed by atoms with Crippen LogP contribution in [0.1, 0.15) is 13.3 Å². The number of benzene rings is 1. The van der Waals surface area contributed by atoms with E-state index in [0.29, 0.717) is 0 Å². The summed E-state index contributed by atoms with van der Waals surface area (Å²) < 4.78 is 0. The topological polar surface area (TPSA) is 12.0 Å². The molecular formula is C14H15NS. The first kappa shape index (κ1) is 11.1. The molecule has 1 N–H and O–H groups in total. The molecule has 0 radical (unpaired) electrons. The molecule has 0 unspecified atom stereocenters. The molecule has 0 spiro atoms. The lowest BCUT2D eigenvalue weighted by molar-refractivity contribution is 1.20. The minimum atomic E-state index is 1.06. The van der Waals surface area contributed by atoms with E-state index in [9.17, 15) is 0 Å². The molecule has 2 rings (SSSR count). The van der Waals surface area contributed by atoms with Gasteiger partial charge in [0.2, 0.25) is 0 Å². The van der Waals surface area contributed by atoms with Crippen LogP contribution in [0.3, 0.4) is 0 Å². The predicted octanol–water partition coefficient (Wildman–Crippen LogP) is 4.57. The van der Waals surface area contributed by atoms with Crippen molar-refractivity contribution in [3.8, 4) is 0 Å². The van der Waals surface area contributed by atoms with E-state index in [1.54, 1.807) is 0 Å². The van der Waals surface area contributed by atoms with Crippen molar-refractivity contribution in [1.29, 1.82) is 0 Å². The Balaban J connectivity index is 2.36. The van der Waals surface area contributed by atoms with Crippen LogP contribution in [0.2, 0.25) is 0 Å². The molecule has 1 aromatic carbocycles. The molecule has 1 aliphatic heterocycles. The molecule has 0 atom stereocenters. The number of anilines is 1. The van der Waals surface area contributed by atoms with Crippen LogP contribution in [0.25, 0.3) is 0 Å². The van der Waals surface area contributed by atoms with Crippen molar-refractivity contribution < 1.29 is 0 Å². The van der Waals surface area contributed by atoms with Gasteiger partial charge < -0.3 is 5.32 Å². The van der Waals surface area contributed by atoms with Crippen molar-refractivity contribution in [2.24, 2.45) is 0 Å². The minimum absolute atomic E-state index is 1.06. The number of rotatable bonds is 1. The Kier molecular flexibility index (Phi) is 3.89. The molecule has 0 aromatic heterocycles. The summed E-state index contributed by atoms with van der Waals surface area (Å²) in [6.07, 6.45) is 11.3. The summed E-state index contributed by atoms with van der Waals surface area (Å²) >= 11 is 1.83. The summed E-state index contributed by atoms with van der Waals surface area (Å²) in [7, 11) is 0. The Morgan fingerprint density at radius 1 is 1.12 bits per heavy atom. The van der Waals surface area contributed by atoms with Crippen LogP contribution in [0.15, 0.2) is 64.6 Å². The highest BCUT2D eigenvalue weighted by atomic mass is 32.2. The molecule has 0 fully saturated rings. The number of thioether (sulfide) groups is 1. The zero-order valence-electron chi connectivity index (χ0n) is 9.31. The number of hydrogen-bond donors (Lipinski definition) is 1. The van der Waals surface area contributed by atoms with Gasteiger partial charge in [-0.3, -0.25) is 0 Å². The van der Waals surface area contributed by atoms with Crippen LogP contribution < -0.4 is 5.32 Å². The second-order valence-corrected chi connectivity index (χ2v) is 4.64. The first-order valence-corrected chi connectivity index (χ1v) is 6.27. The molecule has 1 heterocycles. The van der Waals surface area contributed by atoms with E-state index in [1.165, 1.54) is 15.5 Å². The van der Waals surface area contributed by atoms with Crippen LogP contribution in [0, 0.1) is 0 Å². The smallest absolute Gasteiger partial charge is 0.0521 e. The van der Waals surface area contributed by atoms with E-state index in [1.807, 2.05) is 30.1 Å². The van der Waals surface area contributed by atoms with Gasteiger partial charge in [0, 0.05) is 11.1 Å². The quantitative estimate of drug-likeness (QED) is 0.757. The van der Waals surface area contributed by atoms with Gasteiger partial charge in [-0.15, -0.1) is 0 Å². The lowest BCUT2D eigenvalue weighted by Gasteiger charge is -2.10. The monoisotopic (exact) mass is 229 g/mol. The van der Waals surface area contributed by atoms with Crippen molar-refractivity contribution in [1.82, 2.24) is 0 Å². The Bertz CT molecular complexity index is 444. The summed E-state index contributed by atoms with van der Waals surface area (Å²) in [6.45, 7) is 2.18. The summed E-state index contributed by atoms with van der Waals surface area (Å²) in [5.41, 5.74) is 1.17. The SMILES string of the molecule is CC\C1=C/C=C\C=C\Nc2ccccc2S1. The minimum Gasteiger partial charge on any atom is -0.361 e. The fraction of sp³-hybridized carbons (Fsp3) is 0.143. The predicted molar refractivity (Wildman–Crippen MR) is 72.6 cm³/mol. The number of allylic oxidation sites excluding steroid dienone is 5. The van der Waals surface area contributed by atoms with E-state index in [4.69, 9.17) is 0 Å². The standard InChI is InChI=1S/C14H15NS/c1-2-12-8-4-3-7-11-15-13-9-5-6-10-14(13)16-12/h3-11,15H,2H2,1H3/b4-3-,11-7+,12-8+. The number of nitrogens with one attached hydrogen (secondary N) is 1. The maximum Gasteiger partial charge on any atom is 0.0521 e. The maximum absolute atomic E-state index is 3.30. The summed E-state index contributed by atoms with van der Waals surface area (Å²) in [4.78, 5) is 2.65. The van der Waals surface area contributed by atoms with Gasteiger partial charge in [-0.25, -0.2) is 0 Å². The highest BCUT2D eigenvalue weighted by Crippen LogP contribution is 2.34. The zero-order chi connectivity index (χ0) is 11.2. The van der Waals surface area contributed by atoms with Crippen LogP contribution in [0.4, 0.5) is 5.69 Å². The molecule has 0 bridgehead atoms. The molecule has 1 nitrogen and oxygen atoms in total. The van der Waals surface area contributed by atoms with Crippen molar-refractivity contribution >= 4 is 17.4 Å². The first-order valence-electron chi connectivity index (χ1n) is 5.46. The molecule has 16 heavy (non-hydrogen) atoms. The first-order chi connectivity index (χ1) is 7.90. The molecular weight excluding hydrogens is 214 g/mol. The number of para-hydroxylation sites is 1. The van der Waals surface area contributed by atoms with E-state index in [-0.39, 0.29) is 0 Å². The molecule has 1 aromatic rings. The van der Waals surface area contributed by atoms with Crippen LogP contribution in [-0.2, 0) is 0 Å². The largest absolute Gasteiger partial charge is 0.361 e. The van der Waals surface area contributed by atoms with Gasteiger partial charge in [-0.1, -0.05) is 49.0 Å². The van der Waals surface area contributed by atoms with Crippen molar-refractivity contribution in [3.63, 3.8) is 0 Å². The van der Waals surface area contributed by atoms with Gasteiger partial charge >= 0.3 is 0 Å². The summed E-state index contributed by atoms with van der Waals surface area (Å²) in [6, 6.07) is 8.38. The van der Waals surface area contributed by atoms with Crippen LogP contribution in [-0.4, -0.2) is 0 Å². The Morgan fingerprint density at radius 3 is 2.88 bits per heavy atom. The highest BCUT2D eigenvalue weighted by molar-refractivity contribution is 8.03. The van der Waals surface area contributed by atoms with Gasteiger partial charge in [0.1, 0.15) is 0 Å². The van der Waals surface area contributed by atoms with Crippen molar-refractivity contribution in [2.45, 2.75) is 18.2 Å². The third-order valence-electron chi connectivity index (χ3n) is 2.32. The van der Waals surface area contributed by atoms with Crippen molar-refractivity contribution in [3.05, 3.63) is 59.7 Å². The average molecular weight is 229 g/mol. The Hall–Kier alpha value is -1.41. The van der Waals surface area contributed by atoms with E-state index in [2.05, 4.69) is 48.7 Å². The number of hydrogen-bond acceptors (Lipinski definition) is 2. The van der Waals surface area contributed by atoms with Gasteiger partial charge in [-0.2, -0.15) is 0 Å². The van der Waals surface area contributed by atoms with Crippen LogP contribution in [0.5, 0.6) is 0 Å². The third-order valence-corrected chi connectivity index (χ3v) is 3.58. The van der Waals surface area contributed by atoms with Crippen LogP contribution >= 0.6 is 11.8 Å². The van der Waals surface area contributed by atoms with Crippen molar-refractivity contribution in [2.75, 3.05) is 5.32 Å². The molecule has 0 aliphatic carbocycles. The molecule has 1 aliphatic rings. The fourth-order valence-electron chi connectivity index (χ4n) is 1.46. The summed E-state index contributed by atoms with van der Waals surface area (Å²) in [5.74, 6) is 0. The summed E-state index contributed by atoms with van der Waals surface area (Å²) in [5, 5.41) is 3.30. The Morgan fingerprint density at radius 2 is 2.00 bits per heavy atom. The lowest BCUT2D eigenvalue weighted by Crippen LogP contribution is -1.90. The van der Waals surface area contributed by atoms with Gasteiger partial charge in [-0.05, 0) is 29.5 Å². The normalized spacial score (nSPS) is 22.2. The maximum atomic E-state index is 3.30. The third kappa shape index (κ3) is 2.80. The van der Waals surface area contributed by atoms with Gasteiger partial charge in [0.15, 0.2) is 0 Å². The molecule has 82 valence electrons. The average Bonchev–Trinajstić information content (AvgIpc) is 2.34. The highest BCUT2D eigenvalue weighted by Gasteiger charge is 2.03. The zero-order valence-corrected chi connectivity index (χ0v) is 10.1. The second-order valence-electron chi connectivity index (χ2n) is 3.47. The Labute approximate surface area is 101 Å². The molecule has 0 saturated heterocycles. The number of fused-ring (bicyclic) bond motifs is 1. The molecule has 2 heteroatoms. The fourth-order valence-corrected chi connectivity index (χ4v) is 2.42. The molecule has 0 saturated carbocycles. The van der Waals surface area contributed by atoms with Gasteiger partial charge in [0.05, 0.1) is 5.69 Å².